The van der Waals surface area contributed by atoms with E-state index in [-0.39, 0.29) is 33.8 Å². The number of ether oxygens (including phenoxy) is 3. The second kappa shape index (κ2) is 10.1. The molecule has 37 heavy (non-hydrogen) atoms. The van der Waals surface area contributed by atoms with Gasteiger partial charge in [0.25, 0.3) is 0 Å². The Morgan fingerprint density at radius 3 is 1.89 bits per heavy atom. The first-order chi connectivity index (χ1) is 17.4. The molecule has 0 spiro atoms. The normalized spacial score (nSPS) is 17.9. The van der Waals surface area contributed by atoms with E-state index in [9.17, 15) is 34.2 Å². The van der Waals surface area contributed by atoms with Crippen molar-refractivity contribution in [2.45, 2.75) is 20.8 Å². The number of carbonyl (C=O) groups excluding carboxylic acids is 5. The third kappa shape index (κ3) is 4.49. The Kier molecular flexibility index (Phi) is 7.33. The third-order valence-electron chi connectivity index (χ3n) is 5.86. The number of phenols is 1. The second-order valence-corrected chi connectivity index (χ2v) is 8.13. The highest BCUT2D eigenvalue weighted by atomic mass is 16.5. The summed E-state index contributed by atoms with van der Waals surface area (Å²) in [6, 6.07) is 2.50. The lowest BCUT2D eigenvalue weighted by Gasteiger charge is -2.26. The number of hydrogen-bond donors (Lipinski definition) is 2. The zero-order chi connectivity index (χ0) is 27.8. The van der Waals surface area contributed by atoms with Gasteiger partial charge in [0.15, 0.2) is 40.4 Å². The van der Waals surface area contributed by atoms with Crippen LogP contribution in [-0.4, -0.2) is 60.5 Å². The van der Waals surface area contributed by atoms with E-state index in [1.54, 1.807) is 0 Å². The largest absolute Gasteiger partial charge is 0.506 e. The highest BCUT2D eigenvalue weighted by Gasteiger charge is 2.41. The van der Waals surface area contributed by atoms with Gasteiger partial charge in [-0.25, -0.2) is 0 Å². The number of aliphatic hydroxyl groups is 1. The Morgan fingerprint density at radius 1 is 0.757 bits per heavy atom. The fraction of sp³-hybridized carbons (Fsp3) is 0.222. The summed E-state index contributed by atoms with van der Waals surface area (Å²) < 4.78 is 15.5. The second-order valence-electron chi connectivity index (χ2n) is 8.13. The van der Waals surface area contributed by atoms with E-state index in [1.165, 1.54) is 46.3 Å². The first-order valence-electron chi connectivity index (χ1n) is 10.9. The fourth-order valence-corrected chi connectivity index (χ4v) is 4.04. The average Bonchev–Trinajstić information content (AvgIpc) is 2.84. The number of aromatic hydroxyl groups is 1. The SMILES string of the molecule is COC1=CC(C(C)=O)=C/C(=C2\C(=O)C(OC)=C(c3cc(C(C)=O)cc(OC)c3O)C(C(C)=O)=C2O)C1=O. The molecule has 2 aliphatic rings. The van der Waals surface area contributed by atoms with Crippen molar-refractivity contribution < 1.29 is 48.4 Å². The van der Waals surface area contributed by atoms with Crippen molar-refractivity contribution in [1.82, 2.24) is 0 Å². The van der Waals surface area contributed by atoms with Crippen molar-refractivity contribution in [2.24, 2.45) is 0 Å². The third-order valence-corrected chi connectivity index (χ3v) is 5.86. The van der Waals surface area contributed by atoms with Gasteiger partial charge in [0, 0.05) is 27.8 Å². The maximum atomic E-state index is 13.7. The number of carbonyl (C=O) groups is 5. The number of hydrogen-bond acceptors (Lipinski definition) is 10. The summed E-state index contributed by atoms with van der Waals surface area (Å²) in [5, 5.41) is 22.1. The van der Waals surface area contributed by atoms with Crippen molar-refractivity contribution in [2.75, 3.05) is 21.3 Å². The van der Waals surface area contributed by atoms with Gasteiger partial charge in [-0.1, -0.05) is 0 Å². The molecule has 1 aromatic rings. The van der Waals surface area contributed by atoms with E-state index in [2.05, 4.69) is 0 Å². The quantitative estimate of drug-likeness (QED) is 0.415. The molecule has 0 aromatic heterocycles. The van der Waals surface area contributed by atoms with Crippen LogP contribution in [0.25, 0.3) is 5.57 Å². The zero-order valence-corrected chi connectivity index (χ0v) is 21.0. The van der Waals surface area contributed by atoms with Gasteiger partial charge in [-0.2, -0.15) is 0 Å². The molecule has 0 aliphatic heterocycles. The molecule has 0 fully saturated rings. The first-order valence-corrected chi connectivity index (χ1v) is 10.9. The van der Waals surface area contributed by atoms with Gasteiger partial charge in [0.05, 0.1) is 32.5 Å². The van der Waals surface area contributed by atoms with Crippen LogP contribution in [0, 0.1) is 0 Å². The Labute approximate surface area is 211 Å². The Morgan fingerprint density at radius 2 is 1.41 bits per heavy atom. The molecule has 0 radical (unpaired) electrons. The molecule has 2 N–H and O–H groups in total. The van der Waals surface area contributed by atoms with Crippen LogP contribution in [0.2, 0.25) is 0 Å². The van der Waals surface area contributed by atoms with E-state index in [0.29, 0.717) is 0 Å². The van der Waals surface area contributed by atoms with Gasteiger partial charge in [0.2, 0.25) is 11.6 Å². The molecule has 10 heteroatoms. The highest BCUT2D eigenvalue weighted by Crippen LogP contribution is 2.45. The number of allylic oxidation sites excluding steroid dienone is 8. The number of aliphatic hydroxyl groups excluding tert-OH is 1. The summed E-state index contributed by atoms with van der Waals surface area (Å²) in [6.45, 7) is 3.60. The van der Waals surface area contributed by atoms with Crippen molar-refractivity contribution >= 4 is 34.5 Å². The van der Waals surface area contributed by atoms with Gasteiger partial charge in [-0.3, -0.25) is 24.0 Å². The molecule has 3 rings (SSSR count). The minimum Gasteiger partial charge on any atom is -0.506 e. The van der Waals surface area contributed by atoms with Crippen molar-refractivity contribution in [3.8, 4) is 11.5 Å². The lowest BCUT2D eigenvalue weighted by atomic mass is 9.80. The zero-order valence-electron chi connectivity index (χ0n) is 21.0. The number of rotatable bonds is 7. The predicted molar refractivity (Wildman–Crippen MR) is 130 cm³/mol. The fourth-order valence-electron chi connectivity index (χ4n) is 4.04. The molecule has 1 aromatic carbocycles. The standard InChI is InChI=1S/C27H24O10/c1-11(28)14-7-16(23(31)18(9-14)35-4)21-20(13(3)30)25(33)22(26(34)27(21)37-6)17-8-15(12(2)29)10-19(36-5)24(17)32/h7-10,31,33H,1-6H3/b22-17+. The van der Waals surface area contributed by atoms with E-state index in [0.717, 1.165) is 20.1 Å². The maximum Gasteiger partial charge on any atom is 0.232 e. The van der Waals surface area contributed by atoms with Crippen LogP contribution in [0.4, 0.5) is 0 Å². The molecule has 0 atom stereocenters. The van der Waals surface area contributed by atoms with Gasteiger partial charge in [0.1, 0.15) is 5.76 Å². The van der Waals surface area contributed by atoms with Gasteiger partial charge >= 0.3 is 0 Å². The molecule has 0 saturated carbocycles. The van der Waals surface area contributed by atoms with Crippen LogP contribution < -0.4 is 4.74 Å². The lowest BCUT2D eigenvalue weighted by molar-refractivity contribution is -0.117. The van der Waals surface area contributed by atoms with Crippen LogP contribution in [0.1, 0.15) is 36.7 Å². The molecule has 10 nitrogen and oxygen atoms in total. The molecule has 0 saturated heterocycles. The molecule has 0 amide bonds. The number of benzene rings is 1. The molecule has 0 heterocycles. The van der Waals surface area contributed by atoms with Crippen LogP contribution in [0.3, 0.4) is 0 Å². The summed E-state index contributed by atoms with van der Waals surface area (Å²) in [6.07, 6.45) is 2.31. The van der Waals surface area contributed by atoms with Gasteiger partial charge in [-0.05, 0) is 45.1 Å². The van der Waals surface area contributed by atoms with E-state index in [1.807, 2.05) is 0 Å². The smallest absolute Gasteiger partial charge is 0.232 e. The van der Waals surface area contributed by atoms with Crippen LogP contribution in [0.5, 0.6) is 11.5 Å². The van der Waals surface area contributed by atoms with Crippen molar-refractivity contribution in [3.63, 3.8) is 0 Å². The number of ketones is 5. The first kappa shape index (κ1) is 26.9. The van der Waals surface area contributed by atoms with Gasteiger partial charge in [-0.15, -0.1) is 0 Å². The Hall–Kier alpha value is -4.73. The maximum absolute atomic E-state index is 13.7. The van der Waals surface area contributed by atoms with Crippen molar-refractivity contribution in [3.05, 3.63) is 75.0 Å². The van der Waals surface area contributed by atoms with Crippen LogP contribution in [-0.2, 0) is 28.7 Å². The highest BCUT2D eigenvalue weighted by molar-refractivity contribution is 6.29. The summed E-state index contributed by atoms with van der Waals surface area (Å²) in [4.78, 5) is 63.7. The summed E-state index contributed by atoms with van der Waals surface area (Å²) >= 11 is 0. The number of methoxy groups -OCH3 is 3. The van der Waals surface area contributed by atoms with Crippen LogP contribution in [0.15, 0.2) is 63.9 Å². The molecular formula is C27H24O10. The monoisotopic (exact) mass is 508 g/mol. The minimum absolute atomic E-state index is 0.0224. The molecule has 0 unspecified atom stereocenters. The van der Waals surface area contributed by atoms with Crippen molar-refractivity contribution in [1.29, 1.82) is 0 Å². The summed E-state index contributed by atoms with van der Waals surface area (Å²) in [7, 11) is 3.57. The molecule has 2 aliphatic carbocycles. The topological polar surface area (TPSA) is 154 Å². The molecular weight excluding hydrogens is 484 g/mol. The van der Waals surface area contributed by atoms with Crippen LogP contribution >= 0.6 is 0 Å². The molecule has 0 bridgehead atoms. The number of Topliss-reactive ketones (excluding diaryl/α,β-unsaturated/α-hetero) is 5. The predicted octanol–water partition coefficient (Wildman–Crippen LogP) is 2.87. The van der Waals surface area contributed by atoms with E-state index >= 15 is 0 Å². The lowest BCUT2D eigenvalue weighted by Crippen LogP contribution is -2.26. The van der Waals surface area contributed by atoms with E-state index in [4.69, 9.17) is 14.2 Å². The number of phenolic OH excluding ortho intramolecular Hbond substituents is 1. The summed E-state index contributed by atoms with van der Waals surface area (Å²) in [5.74, 6) is -5.71. The average molecular weight is 508 g/mol. The summed E-state index contributed by atoms with van der Waals surface area (Å²) in [5.41, 5.74) is -1.83. The van der Waals surface area contributed by atoms with E-state index < -0.39 is 62.9 Å². The Balaban J connectivity index is 2.48. The minimum atomic E-state index is -1.01. The van der Waals surface area contributed by atoms with Gasteiger partial charge < -0.3 is 24.4 Å². The Bertz CT molecular complexity index is 1440. The molecule has 192 valence electrons.